The zero-order chi connectivity index (χ0) is 14.8. The first-order valence-corrected chi connectivity index (χ1v) is 7.27. The van der Waals surface area contributed by atoms with Gasteiger partial charge < -0.3 is 19.7 Å². The van der Waals surface area contributed by atoms with E-state index in [0.29, 0.717) is 6.61 Å². The van der Waals surface area contributed by atoms with Crippen molar-refractivity contribution in [1.82, 2.24) is 5.32 Å². The predicted octanol–water partition coefficient (Wildman–Crippen LogP) is 2.55. The Morgan fingerprint density at radius 3 is 2.55 bits per heavy atom. The van der Waals surface area contributed by atoms with Gasteiger partial charge in [-0.2, -0.15) is 0 Å². The van der Waals surface area contributed by atoms with E-state index in [1.807, 2.05) is 19.2 Å². The third-order valence-corrected chi connectivity index (χ3v) is 3.48. The van der Waals surface area contributed by atoms with Crippen LogP contribution in [0.3, 0.4) is 0 Å². The van der Waals surface area contributed by atoms with Gasteiger partial charge >= 0.3 is 0 Å². The van der Waals surface area contributed by atoms with Crippen molar-refractivity contribution < 1.29 is 9.47 Å². The second-order valence-electron chi connectivity index (χ2n) is 4.59. The van der Waals surface area contributed by atoms with Crippen LogP contribution < -0.4 is 10.2 Å². The largest absolute Gasteiger partial charge is 0.385 e. The lowest BCUT2D eigenvalue weighted by Gasteiger charge is -2.27. The van der Waals surface area contributed by atoms with Crippen molar-refractivity contribution in [3.63, 3.8) is 0 Å². The number of ether oxygens (including phenoxy) is 2. The molecular weight excluding hydrogens is 276 g/mol. The molecule has 1 N–H and O–H groups in total. The van der Waals surface area contributed by atoms with Gasteiger partial charge in [-0.05, 0) is 25.6 Å². The van der Waals surface area contributed by atoms with E-state index >= 15 is 0 Å². The molecule has 5 heteroatoms. The molecule has 0 atom stereocenters. The van der Waals surface area contributed by atoms with Crippen molar-refractivity contribution in [2.45, 2.75) is 13.0 Å². The van der Waals surface area contributed by atoms with Gasteiger partial charge in [0.1, 0.15) is 0 Å². The standard InChI is InChI=1S/C15H25ClN2O2/c1-17-12-13-14(16)6-4-7-15(13)18(9-11-20-3)8-5-10-19-2/h4,6-7,17H,5,8-12H2,1-3H3. The van der Waals surface area contributed by atoms with Crippen molar-refractivity contribution in [2.75, 3.05) is 52.5 Å². The number of halogens is 1. The van der Waals surface area contributed by atoms with Crippen LogP contribution >= 0.6 is 11.6 Å². The van der Waals surface area contributed by atoms with E-state index < -0.39 is 0 Å². The summed E-state index contributed by atoms with van der Waals surface area (Å²) < 4.78 is 10.3. The van der Waals surface area contributed by atoms with Crippen molar-refractivity contribution in [1.29, 1.82) is 0 Å². The molecule has 0 radical (unpaired) electrons. The SMILES string of the molecule is CNCc1c(Cl)cccc1N(CCCOC)CCOC. The Bertz CT molecular complexity index is 388. The highest BCUT2D eigenvalue weighted by atomic mass is 35.5. The number of methoxy groups -OCH3 is 2. The summed E-state index contributed by atoms with van der Waals surface area (Å²) in [5.74, 6) is 0. The Labute approximate surface area is 127 Å². The van der Waals surface area contributed by atoms with E-state index in [-0.39, 0.29) is 0 Å². The lowest BCUT2D eigenvalue weighted by Crippen LogP contribution is -2.30. The minimum Gasteiger partial charge on any atom is -0.385 e. The van der Waals surface area contributed by atoms with E-state index in [1.165, 1.54) is 5.69 Å². The molecule has 0 aliphatic heterocycles. The highest BCUT2D eigenvalue weighted by molar-refractivity contribution is 6.31. The molecule has 0 amide bonds. The van der Waals surface area contributed by atoms with Crippen LogP contribution in [0.4, 0.5) is 5.69 Å². The quantitative estimate of drug-likeness (QED) is 0.673. The minimum absolute atomic E-state index is 0.693. The maximum atomic E-state index is 6.32. The molecule has 0 aromatic heterocycles. The Morgan fingerprint density at radius 2 is 1.90 bits per heavy atom. The zero-order valence-corrected chi connectivity index (χ0v) is 13.4. The van der Waals surface area contributed by atoms with Gasteiger partial charge in [0.15, 0.2) is 0 Å². The smallest absolute Gasteiger partial charge is 0.0637 e. The number of hydrogen-bond acceptors (Lipinski definition) is 4. The van der Waals surface area contributed by atoms with Crippen LogP contribution in [0.15, 0.2) is 18.2 Å². The van der Waals surface area contributed by atoms with Gasteiger partial charge in [0.05, 0.1) is 6.61 Å². The van der Waals surface area contributed by atoms with Gasteiger partial charge in [0.2, 0.25) is 0 Å². The number of rotatable bonds is 10. The third-order valence-electron chi connectivity index (χ3n) is 3.13. The Kier molecular flexibility index (Phi) is 8.62. The fraction of sp³-hybridized carbons (Fsp3) is 0.600. The summed E-state index contributed by atoms with van der Waals surface area (Å²) in [7, 11) is 5.38. The molecule has 1 aromatic rings. The number of nitrogens with one attached hydrogen (secondary N) is 1. The molecule has 0 saturated heterocycles. The maximum absolute atomic E-state index is 6.32. The molecule has 114 valence electrons. The first-order valence-electron chi connectivity index (χ1n) is 6.89. The molecule has 0 spiro atoms. The summed E-state index contributed by atoms with van der Waals surface area (Å²) >= 11 is 6.32. The monoisotopic (exact) mass is 300 g/mol. The van der Waals surface area contributed by atoms with Crippen molar-refractivity contribution in [3.8, 4) is 0 Å². The van der Waals surface area contributed by atoms with Crippen molar-refractivity contribution in [2.24, 2.45) is 0 Å². The number of benzene rings is 1. The summed E-state index contributed by atoms with van der Waals surface area (Å²) in [5, 5.41) is 3.97. The van der Waals surface area contributed by atoms with Crippen LogP contribution in [-0.4, -0.2) is 47.6 Å². The summed E-state index contributed by atoms with van der Waals surface area (Å²) in [4.78, 5) is 2.31. The Balaban J connectivity index is 2.89. The average Bonchev–Trinajstić information content (AvgIpc) is 2.45. The predicted molar refractivity (Wildman–Crippen MR) is 84.8 cm³/mol. The molecule has 0 fully saturated rings. The van der Waals surface area contributed by atoms with Crippen LogP contribution in [0, 0.1) is 0 Å². The molecule has 20 heavy (non-hydrogen) atoms. The number of anilines is 1. The maximum Gasteiger partial charge on any atom is 0.0637 e. The Morgan fingerprint density at radius 1 is 1.15 bits per heavy atom. The van der Waals surface area contributed by atoms with E-state index in [4.69, 9.17) is 21.1 Å². The topological polar surface area (TPSA) is 33.7 Å². The lowest BCUT2D eigenvalue weighted by atomic mass is 10.1. The molecule has 0 aliphatic rings. The fourth-order valence-electron chi connectivity index (χ4n) is 2.15. The van der Waals surface area contributed by atoms with Gasteiger partial charge in [-0.1, -0.05) is 17.7 Å². The molecule has 0 aliphatic carbocycles. The normalized spacial score (nSPS) is 10.8. The Hall–Kier alpha value is -0.810. The molecule has 4 nitrogen and oxygen atoms in total. The van der Waals surface area contributed by atoms with Gasteiger partial charge in [0, 0.05) is 56.7 Å². The first kappa shape index (κ1) is 17.2. The fourth-order valence-corrected chi connectivity index (χ4v) is 2.39. The highest BCUT2D eigenvalue weighted by Crippen LogP contribution is 2.27. The van der Waals surface area contributed by atoms with E-state index in [9.17, 15) is 0 Å². The second-order valence-corrected chi connectivity index (χ2v) is 5.00. The molecule has 1 rings (SSSR count). The first-order chi connectivity index (χ1) is 9.74. The molecule has 0 heterocycles. The van der Waals surface area contributed by atoms with Gasteiger partial charge in [-0.3, -0.25) is 0 Å². The van der Waals surface area contributed by atoms with Crippen LogP contribution in [0.25, 0.3) is 0 Å². The van der Waals surface area contributed by atoms with Crippen molar-refractivity contribution >= 4 is 17.3 Å². The molecule has 1 aromatic carbocycles. The summed E-state index contributed by atoms with van der Waals surface area (Å²) in [6, 6.07) is 6.04. The van der Waals surface area contributed by atoms with Gasteiger partial charge in [-0.25, -0.2) is 0 Å². The average molecular weight is 301 g/mol. The van der Waals surface area contributed by atoms with E-state index in [0.717, 1.165) is 43.2 Å². The van der Waals surface area contributed by atoms with Crippen LogP contribution in [0.1, 0.15) is 12.0 Å². The number of hydrogen-bond donors (Lipinski definition) is 1. The highest BCUT2D eigenvalue weighted by Gasteiger charge is 2.13. The molecule has 0 bridgehead atoms. The third kappa shape index (κ3) is 5.29. The molecule has 0 saturated carbocycles. The zero-order valence-electron chi connectivity index (χ0n) is 12.6. The van der Waals surface area contributed by atoms with E-state index in [1.54, 1.807) is 14.2 Å². The van der Waals surface area contributed by atoms with Crippen molar-refractivity contribution in [3.05, 3.63) is 28.8 Å². The van der Waals surface area contributed by atoms with Crippen LogP contribution in [0.2, 0.25) is 5.02 Å². The van der Waals surface area contributed by atoms with Gasteiger partial charge in [0.25, 0.3) is 0 Å². The number of nitrogens with zero attached hydrogens (tertiary/aromatic N) is 1. The lowest BCUT2D eigenvalue weighted by molar-refractivity contribution is 0.191. The molecular formula is C15H25ClN2O2. The van der Waals surface area contributed by atoms with Gasteiger partial charge in [-0.15, -0.1) is 0 Å². The summed E-state index contributed by atoms with van der Waals surface area (Å²) in [6.45, 7) is 3.97. The minimum atomic E-state index is 0.693. The summed E-state index contributed by atoms with van der Waals surface area (Å²) in [5.41, 5.74) is 2.30. The molecule has 0 unspecified atom stereocenters. The van der Waals surface area contributed by atoms with Crippen LogP contribution in [0.5, 0.6) is 0 Å². The summed E-state index contributed by atoms with van der Waals surface area (Å²) in [6.07, 6.45) is 0.978. The van der Waals surface area contributed by atoms with Crippen LogP contribution in [-0.2, 0) is 16.0 Å². The second kappa shape index (κ2) is 10.00. The van der Waals surface area contributed by atoms with E-state index in [2.05, 4.69) is 16.3 Å².